The second-order valence-electron chi connectivity index (χ2n) is 4.21. The minimum atomic E-state index is -0.373. The molecular weight excluding hydrogens is 240 g/mol. The Morgan fingerprint density at radius 2 is 1.88 bits per heavy atom. The van der Waals surface area contributed by atoms with Crippen LogP contribution in [0.2, 0.25) is 5.02 Å². The predicted octanol–water partition coefficient (Wildman–Crippen LogP) is 1.12. The van der Waals surface area contributed by atoms with E-state index in [1.807, 2.05) is 0 Å². The zero-order valence-electron chi connectivity index (χ0n) is 10.3. The molecule has 0 radical (unpaired) electrons. The molecule has 0 unspecified atom stereocenters. The van der Waals surface area contributed by atoms with Crippen LogP contribution in [0.15, 0.2) is 11.0 Å². The highest BCUT2D eigenvalue weighted by atomic mass is 35.5. The molecule has 1 aliphatic heterocycles. The fraction of sp³-hybridized carbons (Fsp3) is 0.636. The average Bonchev–Trinajstić information content (AvgIpc) is 2.33. The normalized spacial score (nSPS) is 16.2. The Kier molecular flexibility index (Phi) is 5.44. The van der Waals surface area contributed by atoms with Crippen LogP contribution in [0.3, 0.4) is 0 Å². The predicted molar refractivity (Wildman–Crippen MR) is 70.2 cm³/mol. The first kappa shape index (κ1) is 14.0. The van der Waals surface area contributed by atoms with Crippen molar-refractivity contribution in [3.05, 3.63) is 21.6 Å². The largest absolute Gasteiger partial charge is 0.396 e. The van der Waals surface area contributed by atoms with Crippen molar-refractivity contribution in [2.75, 3.05) is 25.9 Å². The second-order valence-corrected chi connectivity index (χ2v) is 4.58. The van der Waals surface area contributed by atoms with Gasteiger partial charge in [-0.1, -0.05) is 18.0 Å². The van der Waals surface area contributed by atoms with Gasteiger partial charge in [0.25, 0.3) is 5.56 Å². The summed E-state index contributed by atoms with van der Waals surface area (Å²) in [6.45, 7) is 2.64. The molecule has 2 N–H and O–H groups in total. The maximum absolute atomic E-state index is 10.9. The van der Waals surface area contributed by atoms with E-state index >= 15 is 0 Å². The number of nitrogens with zero attached hydrogens (tertiary/aromatic N) is 3. The number of hydrogen-bond donors (Lipinski definition) is 1. The highest BCUT2D eigenvalue weighted by Crippen LogP contribution is 2.08. The number of nitrogen functional groups attached to an aromatic ring is 1. The zero-order chi connectivity index (χ0) is 12.8. The summed E-state index contributed by atoms with van der Waals surface area (Å²) in [5.74, 6) is 0. The van der Waals surface area contributed by atoms with Crippen LogP contribution in [0, 0.1) is 0 Å². The summed E-state index contributed by atoms with van der Waals surface area (Å²) in [5.41, 5.74) is 5.12. The van der Waals surface area contributed by atoms with Crippen molar-refractivity contribution in [2.24, 2.45) is 7.05 Å². The van der Waals surface area contributed by atoms with Gasteiger partial charge in [0.1, 0.15) is 5.02 Å². The van der Waals surface area contributed by atoms with E-state index in [4.69, 9.17) is 17.3 Å². The minimum Gasteiger partial charge on any atom is -0.396 e. The third-order valence-electron chi connectivity index (χ3n) is 2.68. The molecule has 5 nitrogen and oxygen atoms in total. The van der Waals surface area contributed by atoms with Gasteiger partial charge in [0.05, 0.1) is 11.9 Å². The molecule has 2 heterocycles. The van der Waals surface area contributed by atoms with Crippen molar-refractivity contribution in [3.63, 3.8) is 0 Å². The first-order valence-electron chi connectivity index (χ1n) is 5.68. The smallest absolute Gasteiger partial charge is 0.287 e. The van der Waals surface area contributed by atoms with E-state index in [0.29, 0.717) is 0 Å². The summed E-state index contributed by atoms with van der Waals surface area (Å²) >= 11 is 5.48. The molecule has 0 atom stereocenters. The monoisotopic (exact) mass is 258 g/mol. The lowest BCUT2D eigenvalue weighted by Gasteiger charge is -2.20. The third kappa shape index (κ3) is 4.36. The number of aromatic nitrogens is 2. The van der Waals surface area contributed by atoms with E-state index in [1.165, 1.54) is 45.6 Å². The zero-order valence-corrected chi connectivity index (χ0v) is 11.1. The number of anilines is 1. The summed E-state index contributed by atoms with van der Waals surface area (Å²) in [7, 11) is 3.70. The van der Waals surface area contributed by atoms with Gasteiger partial charge in [0.15, 0.2) is 0 Å². The second kappa shape index (κ2) is 6.61. The van der Waals surface area contributed by atoms with Crippen LogP contribution < -0.4 is 11.3 Å². The van der Waals surface area contributed by atoms with Gasteiger partial charge in [-0.05, 0) is 33.0 Å². The van der Waals surface area contributed by atoms with Crippen LogP contribution in [0.5, 0.6) is 0 Å². The van der Waals surface area contributed by atoms with Crippen molar-refractivity contribution in [2.45, 2.75) is 19.3 Å². The van der Waals surface area contributed by atoms with E-state index in [9.17, 15) is 4.79 Å². The molecule has 1 saturated heterocycles. The molecule has 96 valence electrons. The SMILES string of the molecule is CN1CCCCC1.Cn1ncc(N)c(Cl)c1=O. The Morgan fingerprint density at radius 3 is 2.29 bits per heavy atom. The van der Waals surface area contributed by atoms with Crippen molar-refractivity contribution in [1.82, 2.24) is 14.7 Å². The van der Waals surface area contributed by atoms with E-state index in [1.54, 1.807) is 0 Å². The minimum absolute atomic E-state index is 0.0255. The number of rotatable bonds is 0. The van der Waals surface area contributed by atoms with Crippen LogP contribution in [0.4, 0.5) is 5.69 Å². The lowest BCUT2D eigenvalue weighted by molar-refractivity contribution is 0.277. The molecule has 1 aliphatic rings. The van der Waals surface area contributed by atoms with Gasteiger partial charge in [0.2, 0.25) is 0 Å². The van der Waals surface area contributed by atoms with Gasteiger partial charge in [-0.2, -0.15) is 5.10 Å². The molecule has 17 heavy (non-hydrogen) atoms. The fourth-order valence-electron chi connectivity index (χ4n) is 1.58. The molecule has 0 bridgehead atoms. The molecule has 1 fully saturated rings. The van der Waals surface area contributed by atoms with Crippen molar-refractivity contribution in [3.8, 4) is 0 Å². The third-order valence-corrected chi connectivity index (χ3v) is 3.06. The van der Waals surface area contributed by atoms with Gasteiger partial charge in [0, 0.05) is 7.05 Å². The fourth-order valence-corrected chi connectivity index (χ4v) is 1.75. The van der Waals surface area contributed by atoms with E-state index in [-0.39, 0.29) is 16.3 Å². The Bertz CT molecular complexity index is 412. The molecule has 0 aliphatic carbocycles. The molecule has 1 aromatic rings. The van der Waals surface area contributed by atoms with E-state index in [2.05, 4.69) is 17.0 Å². The standard InChI is InChI=1S/C6H13N.C5H6ClN3O/c1-7-5-3-2-4-6-7;1-9-5(10)4(6)3(7)2-8-9/h2-6H2,1H3;2H,7H2,1H3. The van der Waals surface area contributed by atoms with Crippen LogP contribution >= 0.6 is 11.6 Å². The molecular formula is C11H19ClN4O. The quantitative estimate of drug-likeness (QED) is 0.757. The van der Waals surface area contributed by atoms with Gasteiger partial charge in [-0.3, -0.25) is 4.79 Å². The molecule has 0 saturated carbocycles. The summed E-state index contributed by atoms with van der Waals surface area (Å²) in [5, 5.41) is 3.66. The molecule has 1 aromatic heterocycles. The lowest BCUT2D eigenvalue weighted by atomic mass is 10.1. The maximum Gasteiger partial charge on any atom is 0.287 e. The number of aryl methyl sites for hydroxylation is 1. The first-order valence-corrected chi connectivity index (χ1v) is 6.06. The summed E-state index contributed by atoms with van der Waals surface area (Å²) in [6, 6.07) is 0. The Morgan fingerprint density at radius 1 is 1.29 bits per heavy atom. The van der Waals surface area contributed by atoms with Gasteiger partial charge < -0.3 is 10.6 Å². The van der Waals surface area contributed by atoms with Crippen LogP contribution in [0.25, 0.3) is 0 Å². The number of halogens is 1. The average molecular weight is 259 g/mol. The van der Waals surface area contributed by atoms with Crippen molar-refractivity contribution < 1.29 is 0 Å². The molecule has 0 spiro atoms. The summed E-state index contributed by atoms with van der Waals surface area (Å²) < 4.78 is 1.12. The van der Waals surface area contributed by atoms with Gasteiger partial charge in [-0.15, -0.1) is 0 Å². The lowest BCUT2D eigenvalue weighted by Crippen LogP contribution is -2.24. The van der Waals surface area contributed by atoms with Gasteiger partial charge in [-0.25, -0.2) is 4.68 Å². The highest BCUT2D eigenvalue weighted by Gasteiger charge is 2.02. The Hall–Kier alpha value is -1.07. The van der Waals surface area contributed by atoms with Gasteiger partial charge >= 0.3 is 0 Å². The molecule has 6 heteroatoms. The van der Waals surface area contributed by atoms with E-state index < -0.39 is 0 Å². The Labute approximate surface area is 106 Å². The molecule has 0 amide bonds. The highest BCUT2D eigenvalue weighted by molar-refractivity contribution is 6.32. The van der Waals surface area contributed by atoms with Crippen molar-refractivity contribution in [1.29, 1.82) is 0 Å². The first-order chi connectivity index (χ1) is 8.02. The van der Waals surface area contributed by atoms with Crippen LogP contribution in [-0.4, -0.2) is 34.8 Å². The number of likely N-dealkylation sites (tertiary alicyclic amines) is 1. The van der Waals surface area contributed by atoms with Crippen LogP contribution in [0.1, 0.15) is 19.3 Å². The Balaban J connectivity index is 0.000000181. The number of piperidine rings is 1. The van der Waals surface area contributed by atoms with Crippen LogP contribution in [-0.2, 0) is 7.05 Å². The molecule has 2 rings (SSSR count). The number of hydrogen-bond acceptors (Lipinski definition) is 4. The maximum atomic E-state index is 10.9. The van der Waals surface area contributed by atoms with Crippen molar-refractivity contribution >= 4 is 17.3 Å². The summed E-state index contributed by atoms with van der Waals surface area (Å²) in [4.78, 5) is 13.3. The molecule has 0 aromatic carbocycles. The van der Waals surface area contributed by atoms with E-state index in [0.717, 1.165) is 4.68 Å². The summed E-state index contributed by atoms with van der Waals surface area (Å²) in [6.07, 6.45) is 5.61. The number of nitrogens with two attached hydrogens (primary N) is 1. The topological polar surface area (TPSA) is 64.2 Å².